The first-order valence-corrected chi connectivity index (χ1v) is 9.31. The minimum Gasteiger partial charge on any atom is -0.454 e. The number of pyridine rings is 1. The number of ether oxygens (including phenoxy) is 1. The number of carbonyl (C=O) groups is 4. The normalized spacial score (nSPS) is 15.4. The van der Waals surface area contributed by atoms with Crippen LogP contribution in [0.1, 0.15) is 32.3 Å². The predicted octanol–water partition coefficient (Wildman–Crippen LogP) is 2.29. The molecule has 1 saturated heterocycles. The smallest absolute Gasteiger partial charge is 0.326 e. The largest absolute Gasteiger partial charge is 0.454 e. The van der Waals surface area contributed by atoms with Crippen LogP contribution < -0.4 is 10.6 Å². The van der Waals surface area contributed by atoms with Gasteiger partial charge >= 0.3 is 12.0 Å². The van der Waals surface area contributed by atoms with Crippen molar-refractivity contribution in [3.05, 3.63) is 21.8 Å². The number of halogens is 2. The summed E-state index contributed by atoms with van der Waals surface area (Å²) in [4.78, 5) is 53.0. The summed E-state index contributed by atoms with van der Waals surface area (Å²) >= 11 is 11.9. The summed E-state index contributed by atoms with van der Waals surface area (Å²) in [6.45, 7) is 3.98. The molecular weight excluding hydrogens is 411 g/mol. The number of urea groups is 1. The molecule has 11 heteroatoms. The summed E-state index contributed by atoms with van der Waals surface area (Å²) in [7, 11) is 0. The molecule has 0 aliphatic carbocycles. The van der Waals surface area contributed by atoms with Gasteiger partial charge in [-0.15, -0.1) is 0 Å². The van der Waals surface area contributed by atoms with Gasteiger partial charge in [-0.25, -0.2) is 9.78 Å². The average molecular weight is 431 g/mol. The molecule has 1 aromatic heterocycles. The first kappa shape index (κ1) is 21.9. The molecule has 1 aliphatic rings. The van der Waals surface area contributed by atoms with Gasteiger partial charge in [0.2, 0.25) is 0 Å². The van der Waals surface area contributed by atoms with Gasteiger partial charge in [-0.05, 0) is 25.3 Å². The molecule has 152 valence electrons. The summed E-state index contributed by atoms with van der Waals surface area (Å²) in [6, 6.07) is -0.664. The lowest BCUT2D eigenvalue weighted by Crippen LogP contribution is -2.46. The van der Waals surface area contributed by atoms with Crippen molar-refractivity contribution in [2.24, 2.45) is 0 Å². The zero-order valence-corrected chi connectivity index (χ0v) is 17.1. The van der Waals surface area contributed by atoms with Crippen LogP contribution in [0, 0.1) is 6.92 Å². The fourth-order valence-corrected chi connectivity index (χ4v) is 3.07. The summed E-state index contributed by atoms with van der Waals surface area (Å²) in [5.74, 6) is -1.99. The highest BCUT2D eigenvalue weighted by Crippen LogP contribution is 2.28. The minimum absolute atomic E-state index is 0.0781. The number of carbonyl (C=O) groups excluding carboxylic acids is 4. The van der Waals surface area contributed by atoms with Crippen molar-refractivity contribution >= 4 is 52.8 Å². The van der Waals surface area contributed by atoms with Crippen LogP contribution >= 0.6 is 23.2 Å². The molecule has 0 unspecified atom stereocenters. The fourth-order valence-electron chi connectivity index (χ4n) is 2.68. The van der Waals surface area contributed by atoms with E-state index in [9.17, 15) is 19.2 Å². The second-order valence-electron chi connectivity index (χ2n) is 6.21. The number of anilines is 1. The molecule has 0 spiro atoms. The fraction of sp³-hybridized carbons (Fsp3) is 0.471. The molecule has 9 nitrogen and oxygen atoms in total. The maximum atomic E-state index is 12.4. The zero-order valence-electron chi connectivity index (χ0n) is 15.6. The Morgan fingerprint density at radius 2 is 1.93 bits per heavy atom. The van der Waals surface area contributed by atoms with Crippen molar-refractivity contribution in [3.63, 3.8) is 0 Å². The highest BCUT2D eigenvalue weighted by molar-refractivity contribution is 6.37. The monoisotopic (exact) mass is 430 g/mol. The van der Waals surface area contributed by atoms with Gasteiger partial charge in [-0.2, -0.15) is 0 Å². The average Bonchev–Trinajstić information content (AvgIpc) is 2.91. The molecule has 1 aliphatic heterocycles. The Morgan fingerprint density at radius 3 is 2.50 bits per heavy atom. The number of imide groups is 1. The van der Waals surface area contributed by atoms with Crippen molar-refractivity contribution in [2.75, 3.05) is 18.5 Å². The summed E-state index contributed by atoms with van der Waals surface area (Å²) in [6.07, 6.45) is 2.13. The Balaban J connectivity index is 1.91. The van der Waals surface area contributed by atoms with E-state index in [2.05, 4.69) is 15.6 Å². The molecule has 28 heavy (non-hydrogen) atoms. The standard InChI is InChI=1S/C17H20Cl2N4O5/c1-4-17(5-2)15(26)23(16(27)22-17)7-12(25)28-8-11(24)21-14-13(19)9(3)10(18)6-20-14/h6H,4-5,7-8H2,1-3H3,(H,22,27)(H,20,21,24). The van der Waals surface area contributed by atoms with Gasteiger partial charge in [-0.1, -0.05) is 37.0 Å². The topological polar surface area (TPSA) is 118 Å². The lowest BCUT2D eigenvalue weighted by molar-refractivity contribution is -0.150. The van der Waals surface area contributed by atoms with E-state index in [1.165, 1.54) is 6.20 Å². The molecule has 0 aromatic carbocycles. The molecule has 0 bridgehead atoms. The van der Waals surface area contributed by atoms with E-state index in [-0.39, 0.29) is 10.8 Å². The number of esters is 1. The van der Waals surface area contributed by atoms with E-state index in [0.29, 0.717) is 23.4 Å². The zero-order chi connectivity index (χ0) is 21.1. The quantitative estimate of drug-likeness (QED) is 0.505. The van der Waals surface area contributed by atoms with Gasteiger partial charge in [0, 0.05) is 6.20 Å². The third-order valence-corrected chi connectivity index (χ3v) is 5.41. The Bertz CT molecular complexity index is 826. The number of aromatic nitrogens is 1. The molecule has 2 heterocycles. The van der Waals surface area contributed by atoms with Gasteiger partial charge < -0.3 is 15.4 Å². The van der Waals surface area contributed by atoms with Crippen LogP contribution in [0.5, 0.6) is 0 Å². The van der Waals surface area contributed by atoms with E-state index >= 15 is 0 Å². The molecule has 1 aromatic rings. The van der Waals surface area contributed by atoms with Crippen LogP contribution in [0.25, 0.3) is 0 Å². The van der Waals surface area contributed by atoms with E-state index in [0.717, 1.165) is 4.90 Å². The van der Waals surface area contributed by atoms with Crippen molar-refractivity contribution in [3.8, 4) is 0 Å². The lowest BCUT2D eigenvalue weighted by Gasteiger charge is -2.22. The maximum Gasteiger partial charge on any atom is 0.326 e. The summed E-state index contributed by atoms with van der Waals surface area (Å²) < 4.78 is 4.84. The van der Waals surface area contributed by atoms with E-state index in [1.807, 2.05) is 0 Å². The molecule has 4 amide bonds. The molecule has 1 fully saturated rings. The lowest BCUT2D eigenvalue weighted by atomic mass is 9.93. The summed E-state index contributed by atoms with van der Waals surface area (Å²) in [5, 5.41) is 5.51. The first-order chi connectivity index (χ1) is 13.1. The third kappa shape index (κ3) is 4.36. The molecule has 2 rings (SSSR count). The number of hydrogen-bond acceptors (Lipinski definition) is 6. The Labute approximate surface area is 171 Å². The van der Waals surface area contributed by atoms with Crippen molar-refractivity contribution in [2.45, 2.75) is 39.2 Å². The van der Waals surface area contributed by atoms with Gasteiger partial charge in [-0.3, -0.25) is 19.3 Å². The van der Waals surface area contributed by atoms with E-state index in [1.54, 1.807) is 20.8 Å². The highest BCUT2D eigenvalue weighted by Gasteiger charge is 2.49. The molecule has 2 N–H and O–H groups in total. The van der Waals surface area contributed by atoms with Crippen LogP contribution in [0.2, 0.25) is 10.0 Å². The number of hydrogen-bond donors (Lipinski definition) is 2. The number of amides is 4. The SMILES string of the molecule is CCC1(CC)NC(=O)N(CC(=O)OCC(=O)Nc2ncc(Cl)c(C)c2Cl)C1=O. The highest BCUT2D eigenvalue weighted by atomic mass is 35.5. The van der Waals surface area contributed by atoms with E-state index in [4.69, 9.17) is 27.9 Å². The molecular formula is C17H20Cl2N4O5. The maximum absolute atomic E-state index is 12.4. The van der Waals surface area contributed by atoms with Gasteiger partial charge in [0.25, 0.3) is 11.8 Å². The van der Waals surface area contributed by atoms with Crippen molar-refractivity contribution in [1.82, 2.24) is 15.2 Å². The van der Waals surface area contributed by atoms with Crippen molar-refractivity contribution in [1.29, 1.82) is 0 Å². The molecule has 0 saturated carbocycles. The van der Waals surface area contributed by atoms with Gasteiger partial charge in [0.15, 0.2) is 12.4 Å². The van der Waals surface area contributed by atoms with Gasteiger partial charge in [0.05, 0.1) is 10.0 Å². The number of nitrogens with one attached hydrogen (secondary N) is 2. The van der Waals surface area contributed by atoms with Crippen LogP contribution in [0.4, 0.5) is 10.6 Å². The second kappa shape index (κ2) is 8.74. The Morgan fingerprint density at radius 1 is 1.29 bits per heavy atom. The first-order valence-electron chi connectivity index (χ1n) is 8.55. The van der Waals surface area contributed by atoms with Gasteiger partial charge in [0.1, 0.15) is 12.1 Å². The van der Waals surface area contributed by atoms with Crippen molar-refractivity contribution < 1.29 is 23.9 Å². The molecule has 0 atom stereocenters. The van der Waals surface area contributed by atoms with E-state index < -0.39 is 42.5 Å². The summed E-state index contributed by atoms with van der Waals surface area (Å²) in [5.41, 5.74) is -0.469. The van der Waals surface area contributed by atoms with Crippen LogP contribution in [-0.4, -0.2) is 52.4 Å². The van der Waals surface area contributed by atoms with Crippen LogP contribution in [0.3, 0.4) is 0 Å². The van der Waals surface area contributed by atoms with Crippen LogP contribution in [0.15, 0.2) is 6.20 Å². The predicted molar refractivity (Wildman–Crippen MR) is 102 cm³/mol. The number of rotatable bonds is 7. The second-order valence-corrected chi connectivity index (χ2v) is 7.00. The van der Waals surface area contributed by atoms with Crippen LogP contribution in [-0.2, 0) is 19.1 Å². The minimum atomic E-state index is -1.01. The third-order valence-electron chi connectivity index (χ3n) is 4.56. The Kier molecular flexibility index (Phi) is 6.84. The molecule has 0 radical (unpaired) electrons. The number of nitrogens with zero attached hydrogens (tertiary/aromatic N) is 2. The Hall–Kier alpha value is -2.39.